The summed E-state index contributed by atoms with van der Waals surface area (Å²) in [6.07, 6.45) is 6.29. The Bertz CT molecular complexity index is 1880. The maximum atomic E-state index is 13.4. The average molecular weight is 548 g/mol. The van der Waals surface area contributed by atoms with Gasteiger partial charge in [0.2, 0.25) is 0 Å². The number of hydrogen-bond donors (Lipinski definition) is 0. The van der Waals surface area contributed by atoms with E-state index in [4.69, 9.17) is 15.3 Å². The molecule has 1 heterocycles. The molecule has 4 aromatic carbocycles. The van der Waals surface area contributed by atoms with Crippen molar-refractivity contribution in [3.05, 3.63) is 131 Å². The Hall–Kier alpha value is -5.72. The lowest BCUT2D eigenvalue weighted by molar-refractivity contribution is 0.0990. The molecule has 42 heavy (non-hydrogen) atoms. The van der Waals surface area contributed by atoms with E-state index in [0.717, 1.165) is 22.0 Å². The Labute approximate surface area is 243 Å². The highest BCUT2D eigenvalue weighted by atomic mass is 16.5. The molecule has 6 rings (SSSR count). The number of carbonyl (C=O) groups is 2. The lowest BCUT2D eigenvalue weighted by atomic mass is 9.93. The number of anilines is 1. The lowest BCUT2D eigenvalue weighted by Gasteiger charge is -2.25. The Morgan fingerprint density at radius 3 is 1.95 bits per heavy atom. The molecule has 0 amide bonds. The zero-order chi connectivity index (χ0) is 29.1. The van der Waals surface area contributed by atoms with Gasteiger partial charge >= 0.3 is 0 Å². The summed E-state index contributed by atoms with van der Waals surface area (Å²) in [5, 5.41) is 20.3. The molecule has 4 aromatic rings. The van der Waals surface area contributed by atoms with Crippen molar-refractivity contribution in [1.82, 2.24) is 0 Å². The number of rotatable bonds is 7. The molecule has 202 valence electrons. The topological polar surface area (TPSA) is 94.2 Å². The molecule has 6 nitrogen and oxygen atoms in total. The minimum Gasteiger partial charge on any atom is -0.457 e. The van der Waals surface area contributed by atoms with Crippen LogP contribution < -0.4 is 9.64 Å². The van der Waals surface area contributed by atoms with Crippen LogP contribution in [0, 0.1) is 22.7 Å². The maximum absolute atomic E-state index is 13.4. The van der Waals surface area contributed by atoms with E-state index in [1.807, 2.05) is 72.8 Å². The number of para-hydroxylation sites is 1. The first kappa shape index (κ1) is 26.5. The molecule has 0 aromatic heterocycles. The number of nitriles is 2. The quantitative estimate of drug-likeness (QED) is 0.178. The van der Waals surface area contributed by atoms with Crippen LogP contribution in [0.1, 0.15) is 44.7 Å². The zero-order valence-electron chi connectivity index (χ0n) is 22.7. The first-order valence-electron chi connectivity index (χ1n) is 13.7. The largest absolute Gasteiger partial charge is 0.457 e. The van der Waals surface area contributed by atoms with Crippen molar-refractivity contribution < 1.29 is 14.3 Å². The lowest BCUT2D eigenvalue weighted by Crippen LogP contribution is -2.25. The predicted molar refractivity (Wildman–Crippen MR) is 163 cm³/mol. The summed E-state index contributed by atoms with van der Waals surface area (Å²) < 4.78 is 6.20. The monoisotopic (exact) mass is 547 g/mol. The molecule has 2 aliphatic rings. The fourth-order valence-electron chi connectivity index (χ4n) is 5.56. The highest BCUT2D eigenvalue weighted by Gasteiger charge is 2.36. The molecule has 6 heteroatoms. The van der Waals surface area contributed by atoms with Crippen LogP contribution in [-0.2, 0) is 0 Å². The van der Waals surface area contributed by atoms with Crippen LogP contribution in [0.2, 0.25) is 0 Å². The van der Waals surface area contributed by atoms with E-state index in [-0.39, 0.29) is 17.1 Å². The third-order valence-electron chi connectivity index (χ3n) is 7.52. The summed E-state index contributed by atoms with van der Waals surface area (Å²) in [6, 6.07) is 30.8. The minimum absolute atomic E-state index is 0.155. The Morgan fingerprint density at radius 1 is 0.690 bits per heavy atom. The number of fused-ring (bicyclic) bond motifs is 3. The van der Waals surface area contributed by atoms with Gasteiger partial charge in [-0.2, -0.15) is 10.5 Å². The van der Waals surface area contributed by atoms with Gasteiger partial charge in [-0.15, -0.1) is 0 Å². The van der Waals surface area contributed by atoms with E-state index in [1.165, 1.54) is 0 Å². The first-order valence-corrected chi connectivity index (χ1v) is 13.7. The zero-order valence-corrected chi connectivity index (χ0v) is 22.7. The Kier molecular flexibility index (Phi) is 7.20. The van der Waals surface area contributed by atoms with Gasteiger partial charge in [-0.25, -0.2) is 0 Å². The van der Waals surface area contributed by atoms with Gasteiger partial charge in [-0.05, 0) is 35.2 Å². The van der Waals surface area contributed by atoms with Crippen LogP contribution in [-0.4, -0.2) is 24.7 Å². The fourth-order valence-corrected chi connectivity index (χ4v) is 5.56. The molecule has 0 saturated heterocycles. The highest BCUT2D eigenvalue weighted by Crippen LogP contribution is 2.40. The summed E-state index contributed by atoms with van der Waals surface area (Å²) in [7, 11) is 0. The van der Waals surface area contributed by atoms with Crippen LogP contribution >= 0.6 is 0 Å². The second-order valence-electron chi connectivity index (χ2n) is 9.99. The smallest absolute Gasteiger partial charge is 0.198 e. The molecule has 0 saturated carbocycles. The van der Waals surface area contributed by atoms with Crippen molar-refractivity contribution in [2.45, 2.75) is 12.8 Å². The van der Waals surface area contributed by atoms with E-state index >= 15 is 0 Å². The molecule has 0 unspecified atom stereocenters. The van der Waals surface area contributed by atoms with E-state index in [0.29, 0.717) is 59.7 Å². The number of allylic oxidation sites excluding steroid dienone is 4. The number of ketones is 2. The van der Waals surface area contributed by atoms with Crippen molar-refractivity contribution in [3.63, 3.8) is 0 Å². The van der Waals surface area contributed by atoms with Crippen LogP contribution in [0.3, 0.4) is 0 Å². The average Bonchev–Trinajstić information content (AvgIpc) is 3.28. The third-order valence-corrected chi connectivity index (χ3v) is 7.52. The molecular weight excluding hydrogens is 522 g/mol. The normalized spacial score (nSPS) is 13.8. The molecule has 0 radical (unpaired) electrons. The molecule has 0 atom stereocenters. The van der Waals surface area contributed by atoms with Gasteiger partial charge in [0.25, 0.3) is 0 Å². The van der Waals surface area contributed by atoms with Crippen molar-refractivity contribution in [2.75, 3.05) is 18.0 Å². The molecule has 0 spiro atoms. The second kappa shape index (κ2) is 11.4. The number of hydrogen-bond acceptors (Lipinski definition) is 6. The number of nitrogens with zero attached hydrogens (tertiary/aromatic N) is 3. The number of benzene rings is 4. The maximum Gasteiger partial charge on any atom is 0.198 e. The number of ether oxygens (including phenoxy) is 1. The second-order valence-corrected chi connectivity index (χ2v) is 9.99. The summed E-state index contributed by atoms with van der Waals surface area (Å²) in [4.78, 5) is 28.8. The highest BCUT2D eigenvalue weighted by molar-refractivity contribution is 6.43. The molecule has 0 fully saturated rings. The van der Waals surface area contributed by atoms with Gasteiger partial charge in [-0.1, -0.05) is 78.9 Å². The van der Waals surface area contributed by atoms with Gasteiger partial charge in [-0.3, -0.25) is 9.59 Å². The molecule has 1 aliphatic heterocycles. The van der Waals surface area contributed by atoms with Gasteiger partial charge in [0.05, 0.1) is 30.6 Å². The van der Waals surface area contributed by atoms with Crippen molar-refractivity contribution in [3.8, 4) is 17.9 Å². The van der Waals surface area contributed by atoms with Gasteiger partial charge < -0.3 is 9.64 Å². The molecule has 0 bridgehead atoms. The fraction of sp³-hybridized carbons (Fsp3) is 0.111. The first-order chi connectivity index (χ1) is 20.6. The summed E-state index contributed by atoms with van der Waals surface area (Å²) in [6.45, 7) is 1.08. The van der Waals surface area contributed by atoms with E-state index in [2.05, 4.69) is 17.0 Å². The van der Waals surface area contributed by atoms with Gasteiger partial charge in [0, 0.05) is 46.4 Å². The van der Waals surface area contributed by atoms with E-state index in [9.17, 15) is 9.59 Å². The van der Waals surface area contributed by atoms with Gasteiger partial charge in [0.1, 0.15) is 11.5 Å². The van der Waals surface area contributed by atoms with Crippen molar-refractivity contribution in [2.24, 2.45) is 0 Å². The minimum atomic E-state index is -0.277. The number of Topliss-reactive ketones (excluding diaryl/α,β-unsaturated/α-hetero) is 2. The Balaban J connectivity index is 1.41. The summed E-state index contributed by atoms with van der Waals surface area (Å²) >= 11 is 0. The van der Waals surface area contributed by atoms with Crippen LogP contribution in [0.4, 0.5) is 5.69 Å². The van der Waals surface area contributed by atoms with Gasteiger partial charge in [0.15, 0.2) is 11.6 Å². The SMILES string of the molecule is N#CCCN(CCC#N)c1ccc(C=CC2=CC(=C3C(=O)c4ccccc4C3=O)c3ccccc3O2)c2ccccc12. The third kappa shape index (κ3) is 4.76. The molecule has 1 aliphatic carbocycles. The van der Waals surface area contributed by atoms with Crippen LogP contribution in [0.15, 0.2) is 108 Å². The van der Waals surface area contributed by atoms with E-state index < -0.39 is 0 Å². The van der Waals surface area contributed by atoms with Crippen LogP contribution in [0.25, 0.3) is 22.4 Å². The van der Waals surface area contributed by atoms with Crippen molar-refractivity contribution >= 4 is 39.7 Å². The predicted octanol–water partition coefficient (Wildman–Crippen LogP) is 7.30. The molecular formula is C36H25N3O3. The van der Waals surface area contributed by atoms with Crippen LogP contribution in [0.5, 0.6) is 5.75 Å². The number of carbonyl (C=O) groups excluding carboxylic acids is 2. The Morgan fingerprint density at radius 2 is 1.29 bits per heavy atom. The van der Waals surface area contributed by atoms with Crippen molar-refractivity contribution in [1.29, 1.82) is 10.5 Å². The summed E-state index contributed by atoms with van der Waals surface area (Å²) in [5.74, 6) is 0.525. The van der Waals surface area contributed by atoms with E-state index in [1.54, 1.807) is 30.3 Å². The standard InChI is InChI=1S/C36H25N3O3/c37-19-7-21-39(22-8-20-38)32-18-16-24(26-9-1-2-10-27(26)32)15-17-25-23-31(28-11-5-6-14-33(28)42-25)34-35(40)29-12-3-4-13-30(29)36(34)41/h1-6,9-18,23H,7-8,21-22H2. The summed E-state index contributed by atoms with van der Waals surface area (Å²) in [5.41, 5.74) is 4.17. The molecule has 0 N–H and O–H groups in total.